The highest BCUT2D eigenvalue weighted by atomic mass is 79.9. The van der Waals surface area contributed by atoms with E-state index in [9.17, 15) is 0 Å². The molecule has 0 bridgehead atoms. The van der Waals surface area contributed by atoms with Gasteiger partial charge in [-0.05, 0) is 52.7 Å². The molecule has 0 saturated carbocycles. The van der Waals surface area contributed by atoms with Crippen LogP contribution in [0.1, 0.15) is 11.1 Å². The zero-order valence-corrected chi connectivity index (χ0v) is 11.6. The summed E-state index contributed by atoms with van der Waals surface area (Å²) in [6.45, 7) is 1.16. The quantitative estimate of drug-likeness (QED) is 0.924. The number of benzene rings is 1. The molecule has 0 atom stereocenters. The molecule has 1 heterocycles. The van der Waals surface area contributed by atoms with Gasteiger partial charge in [-0.3, -0.25) is 4.98 Å². The second kappa shape index (κ2) is 6.52. The summed E-state index contributed by atoms with van der Waals surface area (Å²) in [7, 11) is 0. The van der Waals surface area contributed by atoms with E-state index in [1.165, 1.54) is 5.56 Å². The van der Waals surface area contributed by atoms with Gasteiger partial charge in [-0.25, -0.2) is 0 Å². The Bertz CT molecular complexity index is 517. The number of rotatable bonds is 5. The van der Waals surface area contributed by atoms with Gasteiger partial charge in [0.25, 0.3) is 0 Å². The molecule has 0 aliphatic carbocycles. The van der Waals surface area contributed by atoms with Crippen molar-refractivity contribution in [3.05, 3.63) is 58.3 Å². The number of halogens is 1. The molecular formula is C14H15BrN2O. The third-order valence-corrected chi connectivity index (χ3v) is 2.93. The summed E-state index contributed by atoms with van der Waals surface area (Å²) in [5.41, 5.74) is 7.77. The lowest BCUT2D eigenvalue weighted by Crippen LogP contribution is -2.03. The van der Waals surface area contributed by atoms with Gasteiger partial charge in [0.05, 0.1) is 0 Å². The first-order chi connectivity index (χ1) is 8.78. The predicted molar refractivity (Wildman–Crippen MR) is 75.5 cm³/mol. The molecule has 1 aromatic carbocycles. The Hall–Kier alpha value is -1.39. The first-order valence-corrected chi connectivity index (χ1v) is 6.58. The van der Waals surface area contributed by atoms with E-state index in [1.54, 1.807) is 12.4 Å². The lowest BCUT2D eigenvalue weighted by atomic mass is 10.1. The molecule has 0 fully saturated rings. The summed E-state index contributed by atoms with van der Waals surface area (Å²) in [4.78, 5) is 4.10. The van der Waals surface area contributed by atoms with Gasteiger partial charge in [-0.15, -0.1) is 0 Å². The first kappa shape index (κ1) is 13.1. The minimum absolute atomic E-state index is 0.512. The van der Waals surface area contributed by atoms with Crippen LogP contribution in [0.25, 0.3) is 0 Å². The average molecular weight is 307 g/mol. The maximum absolute atomic E-state index is 5.73. The van der Waals surface area contributed by atoms with Crippen LogP contribution in [0, 0.1) is 0 Å². The van der Waals surface area contributed by atoms with Crippen molar-refractivity contribution in [3.8, 4) is 5.75 Å². The molecule has 0 spiro atoms. The van der Waals surface area contributed by atoms with E-state index >= 15 is 0 Å². The van der Waals surface area contributed by atoms with Crippen LogP contribution in [0.4, 0.5) is 0 Å². The van der Waals surface area contributed by atoms with Crippen molar-refractivity contribution < 1.29 is 4.74 Å². The van der Waals surface area contributed by atoms with Gasteiger partial charge in [0, 0.05) is 22.4 Å². The first-order valence-electron chi connectivity index (χ1n) is 5.79. The molecule has 94 valence electrons. The van der Waals surface area contributed by atoms with Gasteiger partial charge in [-0.1, -0.05) is 12.1 Å². The number of nitrogens with two attached hydrogens (primary N) is 1. The molecule has 0 aliphatic heterocycles. The van der Waals surface area contributed by atoms with E-state index in [-0.39, 0.29) is 0 Å². The minimum atomic E-state index is 0.512. The summed E-state index contributed by atoms with van der Waals surface area (Å²) in [6.07, 6.45) is 4.43. The van der Waals surface area contributed by atoms with Gasteiger partial charge >= 0.3 is 0 Å². The highest BCUT2D eigenvalue weighted by Crippen LogP contribution is 2.16. The molecule has 0 unspecified atom stereocenters. The smallest absolute Gasteiger partial charge is 0.120 e. The summed E-state index contributed by atoms with van der Waals surface area (Å²) in [5.74, 6) is 0.862. The lowest BCUT2D eigenvalue weighted by Gasteiger charge is -2.08. The minimum Gasteiger partial charge on any atom is -0.489 e. The highest BCUT2D eigenvalue weighted by molar-refractivity contribution is 9.10. The molecule has 2 N–H and O–H groups in total. The third-order valence-electron chi connectivity index (χ3n) is 2.50. The van der Waals surface area contributed by atoms with Crippen molar-refractivity contribution in [2.45, 2.75) is 13.0 Å². The molecule has 0 radical (unpaired) electrons. The van der Waals surface area contributed by atoms with Crippen LogP contribution in [0.2, 0.25) is 0 Å². The second-order valence-corrected chi connectivity index (χ2v) is 4.90. The maximum atomic E-state index is 5.73. The van der Waals surface area contributed by atoms with Crippen molar-refractivity contribution in [1.82, 2.24) is 4.98 Å². The van der Waals surface area contributed by atoms with Gasteiger partial charge < -0.3 is 10.5 Å². The molecule has 4 heteroatoms. The van der Waals surface area contributed by atoms with E-state index < -0.39 is 0 Å². The van der Waals surface area contributed by atoms with Gasteiger partial charge in [0.15, 0.2) is 0 Å². The lowest BCUT2D eigenvalue weighted by molar-refractivity contribution is 0.305. The molecule has 3 nitrogen and oxygen atoms in total. The molecule has 0 saturated heterocycles. The van der Waals surface area contributed by atoms with Crippen molar-refractivity contribution in [1.29, 1.82) is 0 Å². The zero-order valence-electron chi connectivity index (χ0n) is 9.97. The standard InChI is InChI=1S/C14H15BrN2O/c15-13-6-12(8-17-9-13)10-18-14-3-1-2-11(7-14)4-5-16/h1-3,6-9H,4-5,10,16H2. The van der Waals surface area contributed by atoms with Crippen molar-refractivity contribution in [3.63, 3.8) is 0 Å². The van der Waals surface area contributed by atoms with Crippen LogP contribution in [-0.4, -0.2) is 11.5 Å². The summed E-state index contributed by atoms with van der Waals surface area (Å²) in [6, 6.07) is 10.0. The SMILES string of the molecule is NCCc1cccc(OCc2cncc(Br)c2)c1. The topological polar surface area (TPSA) is 48.1 Å². The number of ether oxygens (including phenoxy) is 1. The number of hydrogen-bond acceptors (Lipinski definition) is 3. The van der Waals surface area contributed by atoms with Crippen LogP contribution >= 0.6 is 15.9 Å². The largest absolute Gasteiger partial charge is 0.489 e. The predicted octanol–water partition coefficient (Wildman–Crippen LogP) is 2.92. The van der Waals surface area contributed by atoms with Gasteiger partial charge in [0.2, 0.25) is 0 Å². The summed E-state index contributed by atoms with van der Waals surface area (Å²) < 4.78 is 6.69. The Kier molecular flexibility index (Phi) is 4.73. The Labute approximate surface area is 115 Å². The van der Waals surface area contributed by atoms with Crippen molar-refractivity contribution in [2.24, 2.45) is 5.73 Å². The van der Waals surface area contributed by atoms with E-state index in [0.29, 0.717) is 13.2 Å². The van der Waals surface area contributed by atoms with Crippen molar-refractivity contribution in [2.75, 3.05) is 6.54 Å². The van der Waals surface area contributed by atoms with Crippen LogP contribution in [-0.2, 0) is 13.0 Å². The van der Waals surface area contributed by atoms with E-state index in [2.05, 4.69) is 27.0 Å². The monoisotopic (exact) mass is 306 g/mol. The number of nitrogens with zero attached hydrogens (tertiary/aromatic N) is 1. The Morgan fingerprint density at radius 3 is 2.83 bits per heavy atom. The van der Waals surface area contributed by atoms with E-state index in [1.807, 2.05) is 24.3 Å². The summed E-state index contributed by atoms with van der Waals surface area (Å²) in [5, 5.41) is 0. The van der Waals surface area contributed by atoms with E-state index in [4.69, 9.17) is 10.5 Å². The molecule has 2 aromatic rings. The number of aromatic nitrogens is 1. The fourth-order valence-corrected chi connectivity index (χ4v) is 2.07. The third kappa shape index (κ3) is 3.82. The highest BCUT2D eigenvalue weighted by Gasteiger charge is 1.99. The van der Waals surface area contributed by atoms with Crippen molar-refractivity contribution >= 4 is 15.9 Å². The van der Waals surface area contributed by atoms with Crippen LogP contribution < -0.4 is 10.5 Å². The molecule has 0 aliphatic rings. The van der Waals surface area contributed by atoms with E-state index in [0.717, 1.165) is 22.2 Å². The zero-order chi connectivity index (χ0) is 12.8. The number of hydrogen-bond donors (Lipinski definition) is 1. The van der Waals surface area contributed by atoms with Gasteiger partial charge in [-0.2, -0.15) is 0 Å². The molecule has 1 aromatic heterocycles. The molecular weight excluding hydrogens is 292 g/mol. The van der Waals surface area contributed by atoms with Crippen LogP contribution in [0.15, 0.2) is 47.2 Å². The normalized spacial score (nSPS) is 10.3. The van der Waals surface area contributed by atoms with Gasteiger partial charge in [0.1, 0.15) is 12.4 Å². The number of pyridine rings is 1. The average Bonchev–Trinajstić information content (AvgIpc) is 2.37. The Morgan fingerprint density at radius 1 is 1.17 bits per heavy atom. The fraction of sp³-hybridized carbons (Fsp3) is 0.214. The summed E-state index contributed by atoms with van der Waals surface area (Å²) >= 11 is 3.39. The molecule has 2 rings (SSSR count). The maximum Gasteiger partial charge on any atom is 0.120 e. The molecule has 18 heavy (non-hydrogen) atoms. The van der Waals surface area contributed by atoms with Crippen LogP contribution in [0.3, 0.4) is 0 Å². The fourth-order valence-electron chi connectivity index (χ4n) is 1.66. The Morgan fingerprint density at radius 2 is 2.06 bits per heavy atom. The second-order valence-electron chi connectivity index (χ2n) is 3.99. The molecule has 0 amide bonds. The Balaban J connectivity index is 1.99. The van der Waals surface area contributed by atoms with Crippen LogP contribution in [0.5, 0.6) is 5.75 Å².